The molecule has 0 amide bonds. The minimum absolute atomic E-state index is 0.0587. The van der Waals surface area contributed by atoms with Crippen LogP contribution in [0.25, 0.3) is 11.3 Å². The van der Waals surface area contributed by atoms with Crippen LogP contribution in [0, 0.1) is 11.8 Å². The van der Waals surface area contributed by atoms with Crippen molar-refractivity contribution in [1.82, 2.24) is 4.98 Å². The third-order valence-electron chi connectivity index (χ3n) is 3.97. The molecule has 26 heavy (non-hydrogen) atoms. The van der Waals surface area contributed by atoms with Crippen molar-refractivity contribution >= 4 is 34.9 Å². The molecule has 0 N–H and O–H groups in total. The monoisotopic (exact) mass is 394 g/mol. The molecule has 0 aliphatic heterocycles. The second-order valence-corrected chi connectivity index (χ2v) is 6.73. The van der Waals surface area contributed by atoms with Crippen LogP contribution < -0.4 is 0 Å². The second kappa shape index (κ2) is 9.64. The number of rotatable bonds is 8. The number of esters is 1. The van der Waals surface area contributed by atoms with Crippen LogP contribution >= 0.6 is 23.2 Å². The lowest BCUT2D eigenvalue weighted by Gasteiger charge is -2.09. The molecule has 5 nitrogen and oxygen atoms in total. The zero-order valence-corrected chi connectivity index (χ0v) is 16.2. The highest BCUT2D eigenvalue weighted by Crippen LogP contribution is 2.31. The lowest BCUT2D eigenvalue weighted by molar-refractivity contribution is 0.0492. The normalized spacial score (nSPS) is 10.6. The van der Waals surface area contributed by atoms with Gasteiger partial charge in [0.15, 0.2) is 5.69 Å². The van der Waals surface area contributed by atoms with Crippen molar-refractivity contribution in [3.63, 3.8) is 0 Å². The van der Waals surface area contributed by atoms with Crippen LogP contribution in [0.2, 0.25) is 10.0 Å². The molecule has 7 heteroatoms. The van der Waals surface area contributed by atoms with E-state index in [-0.39, 0.29) is 18.0 Å². The van der Waals surface area contributed by atoms with E-state index in [1.165, 1.54) is 6.07 Å². The lowest BCUT2D eigenvalue weighted by atomic mass is 10.1. The zero-order chi connectivity index (χ0) is 19.1. The lowest BCUT2D eigenvalue weighted by Crippen LogP contribution is -2.09. The highest BCUT2D eigenvalue weighted by molar-refractivity contribution is 6.36. The van der Waals surface area contributed by atoms with E-state index in [9.17, 15) is 9.70 Å². The number of pyridine rings is 1. The Hall–Kier alpha value is -1.98. The summed E-state index contributed by atoms with van der Waals surface area (Å²) >= 11 is 12.3. The van der Waals surface area contributed by atoms with E-state index in [2.05, 4.69) is 17.1 Å². The number of aromatic nitrogens is 1. The molecule has 0 saturated heterocycles. The minimum atomic E-state index is -0.665. The van der Waals surface area contributed by atoms with E-state index >= 15 is 0 Å². The molecule has 0 radical (unpaired) electrons. The second-order valence-electron chi connectivity index (χ2n) is 5.92. The Labute approximate surface area is 162 Å². The van der Waals surface area contributed by atoms with Crippen molar-refractivity contribution in [1.29, 1.82) is 0 Å². The first-order valence-corrected chi connectivity index (χ1v) is 9.21. The predicted octanol–water partition coefficient (Wildman–Crippen LogP) is 6.50. The van der Waals surface area contributed by atoms with Gasteiger partial charge in [-0.3, -0.25) is 0 Å². The van der Waals surface area contributed by atoms with E-state index in [1.54, 1.807) is 18.2 Å². The number of carbonyl (C=O) groups is 1. The van der Waals surface area contributed by atoms with Crippen LogP contribution in [0.3, 0.4) is 0 Å². The maximum absolute atomic E-state index is 12.3. The first-order valence-electron chi connectivity index (χ1n) is 8.45. The molecule has 138 valence electrons. The van der Waals surface area contributed by atoms with Crippen molar-refractivity contribution in [2.45, 2.75) is 39.5 Å². The number of benzene rings is 1. The Balaban J connectivity index is 2.25. The maximum atomic E-state index is 12.3. The molecular weight excluding hydrogens is 375 g/mol. The fourth-order valence-electron chi connectivity index (χ4n) is 2.39. The Morgan fingerprint density at radius 2 is 1.85 bits per heavy atom. The van der Waals surface area contributed by atoms with Crippen LogP contribution in [-0.2, 0) is 4.74 Å². The van der Waals surface area contributed by atoms with Crippen LogP contribution in [-0.4, -0.2) is 17.6 Å². The maximum Gasteiger partial charge on any atom is 0.359 e. The summed E-state index contributed by atoms with van der Waals surface area (Å²) in [5.41, 5.74) is 1.69. The summed E-state index contributed by atoms with van der Waals surface area (Å²) in [5.74, 6) is -0.665. The number of carbonyl (C=O) groups excluding carboxylic acids is 1. The van der Waals surface area contributed by atoms with Gasteiger partial charge in [0.1, 0.15) is 5.69 Å². The van der Waals surface area contributed by atoms with Crippen LogP contribution in [0.15, 0.2) is 29.4 Å². The Morgan fingerprint density at radius 1 is 1.15 bits per heavy atom. The summed E-state index contributed by atoms with van der Waals surface area (Å²) < 4.78 is 5.22. The summed E-state index contributed by atoms with van der Waals surface area (Å²) in [4.78, 5) is 27.6. The van der Waals surface area contributed by atoms with Gasteiger partial charge in [-0.25, -0.2) is 9.78 Å². The number of halogens is 2. The highest BCUT2D eigenvalue weighted by Gasteiger charge is 2.18. The van der Waals surface area contributed by atoms with Crippen molar-refractivity contribution in [3.05, 3.63) is 50.5 Å². The first-order chi connectivity index (χ1) is 12.5. The molecule has 0 aliphatic rings. The molecule has 0 atom stereocenters. The number of nitroso groups, excluding NO2 is 1. The van der Waals surface area contributed by atoms with E-state index in [0.717, 1.165) is 31.2 Å². The number of ether oxygens (including phenoxy) is 1. The van der Waals surface area contributed by atoms with Gasteiger partial charge in [-0.05, 0) is 48.4 Å². The molecule has 1 aromatic carbocycles. The summed E-state index contributed by atoms with van der Waals surface area (Å²) in [5, 5.41) is 3.85. The van der Waals surface area contributed by atoms with Gasteiger partial charge < -0.3 is 4.74 Å². The number of hydrogen-bond donors (Lipinski definition) is 0. The third kappa shape index (κ3) is 5.02. The van der Waals surface area contributed by atoms with E-state index in [1.807, 2.05) is 6.92 Å². The molecule has 0 unspecified atom stereocenters. The van der Waals surface area contributed by atoms with Crippen molar-refractivity contribution in [3.8, 4) is 11.3 Å². The standard InChI is InChI=1S/C19H20Cl2N2O3/c1-3-4-5-6-9-26-19(24)18-17(23-25)8-7-16(22-18)13-10-14(20)12(2)15(21)11-13/h7-8,10-11H,3-6,9H2,1-2H3. The molecule has 2 rings (SSSR count). The Bertz CT molecular complexity index is 786. The molecule has 2 aromatic rings. The molecule has 1 aromatic heterocycles. The smallest absolute Gasteiger partial charge is 0.359 e. The van der Waals surface area contributed by atoms with Crippen LogP contribution in [0.4, 0.5) is 5.69 Å². The Morgan fingerprint density at radius 3 is 2.46 bits per heavy atom. The molecule has 0 fully saturated rings. The summed E-state index contributed by atoms with van der Waals surface area (Å²) in [6.07, 6.45) is 3.93. The number of hydrogen-bond acceptors (Lipinski definition) is 5. The summed E-state index contributed by atoms with van der Waals surface area (Å²) in [6.45, 7) is 4.20. The van der Waals surface area contributed by atoms with E-state index in [0.29, 0.717) is 21.3 Å². The van der Waals surface area contributed by atoms with Gasteiger partial charge in [0, 0.05) is 15.6 Å². The van der Waals surface area contributed by atoms with Crippen LogP contribution in [0.1, 0.15) is 48.7 Å². The van der Waals surface area contributed by atoms with E-state index < -0.39 is 5.97 Å². The Kier molecular flexibility index (Phi) is 7.54. The molecular formula is C19H20Cl2N2O3. The van der Waals surface area contributed by atoms with Gasteiger partial charge >= 0.3 is 5.97 Å². The quantitative estimate of drug-likeness (QED) is 0.291. The van der Waals surface area contributed by atoms with Crippen LogP contribution in [0.5, 0.6) is 0 Å². The van der Waals surface area contributed by atoms with Gasteiger partial charge in [-0.2, -0.15) is 0 Å². The fourth-order valence-corrected chi connectivity index (χ4v) is 2.88. The highest BCUT2D eigenvalue weighted by atomic mass is 35.5. The first kappa shape index (κ1) is 20.3. The fraction of sp³-hybridized carbons (Fsp3) is 0.368. The SMILES string of the molecule is CCCCCCOC(=O)c1nc(-c2cc(Cl)c(C)c(Cl)c2)ccc1N=O. The predicted molar refractivity (Wildman–Crippen MR) is 104 cm³/mol. The van der Waals surface area contributed by atoms with Gasteiger partial charge in [0.25, 0.3) is 0 Å². The number of unbranched alkanes of at least 4 members (excludes halogenated alkanes) is 3. The molecule has 0 saturated carbocycles. The molecule has 0 spiro atoms. The van der Waals surface area contributed by atoms with Gasteiger partial charge in [-0.15, -0.1) is 4.91 Å². The van der Waals surface area contributed by atoms with Crippen molar-refractivity contribution < 1.29 is 9.53 Å². The van der Waals surface area contributed by atoms with Gasteiger partial charge in [0.2, 0.25) is 0 Å². The number of nitrogens with zero attached hydrogens (tertiary/aromatic N) is 2. The molecule has 0 bridgehead atoms. The minimum Gasteiger partial charge on any atom is -0.461 e. The third-order valence-corrected chi connectivity index (χ3v) is 4.76. The van der Waals surface area contributed by atoms with Crippen molar-refractivity contribution in [2.75, 3.05) is 6.61 Å². The average molecular weight is 395 g/mol. The topological polar surface area (TPSA) is 68.6 Å². The largest absolute Gasteiger partial charge is 0.461 e. The average Bonchev–Trinajstić information content (AvgIpc) is 2.64. The molecule has 0 aliphatic carbocycles. The van der Waals surface area contributed by atoms with E-state index in [4.69, 9.17) is 27.9 Å². The zero-order valence-electron chi connectivity index (χ0n) is 14.7. The van der Waals surface area contributed by atoms with Gasteiger partial charge in [0.05, 0.1) is 12.3 Å². The summed E-state index contributed by atoms with van der Waals surface area (Å²) in [7, 11) is 0. The van der Waals surface area contributed by atoms with Gasteiger partial charge in [-0.1, -0.05) is 49.4 Å². The summed E-state index contributed by atoms with van der Waals surface area (Å²) in [6, 6.07) is 6.44. The van der Waals surface area contributed by atoms with Crippen molar-refractivity contribution in [2.24, 2.45) is 5.18 Å². The molecule has 1 heterocycles.